The summed E-state index contributed by atoms with van der Waals surface area (Å²) in [5, 5.41) is 31.4. The number of aliphatic hydroxyl groups is 1. The summed E-state index contributed by atoms with van der Waals surface area (Å²) in [6.07, 6.45) is 0.644. The lowest BCUT2D eigenvalue weighted by Crippen LogP contribution is -2.47. The van der Waals surface area contributed by atoms with Gasteiger partial charge in [-0.25, -0.2) is 17.2 Å². The number of aliphatic hydroxyl groups excluding tert-OH is 1. The average Bonchev–Trinajstić information content (AvgIpc) is 3.22. The van der Waals surface area contributed by atoms with Gasteiger partial charge in [0.15, 0.2) is 10.0 Å². The molecule has 15 heteroatoms. The van der Waals surface area contributed by atoms with Crippen LogP contribution in [0.2, 0.25) is 0 Å². The van der Waals surface area contributed by atoms with E-state index in [-0.39, 0.29) is 33.6 Å². The number of carbonyl (C=O) groups excluding carboxylic acids is 1. The van der Waals surface area contributed by atoms with Crippen molar-refractivity contribution in [1.29, 1.82) is 5.26 Å². The zero-order chi connectivity index (χ0) is 28.6. The number of alkyl halides is 2. The van der Waals surface area contributed by atoms with Gasteiger partial charge >= 0.3 is 0 Å². The fourth-order valence-corrected chi connectivity index (χ4v) is 7.76. The van der Waals surface area contributed by atoms with Crippen molar-refractivity contribution in [2.24, 2.45) is 7.05 Å². The molecule has 2 unspecified atom stereocenters. The van der Waals surface area contributed by atoms with Gasteiger partial charge in [-0.15, -0.1) is 10.2 Å². The van der Waals surface area contributed by atoms with Gasteiger partial charge < -0.3 is 10.0 Å². The largest absolute Gasteiger partial charge is 0.384 e. The number of nitrogens with one attached hydrogen (secondary N) is 1. The third-order valence-electron chi connectivity index (χ3n) is 7.70. The number of hydrogen-bond donors (Lipinski definition) is 2. The predicted octanol–water partition coefficient (Wildman–Crippen LogP) is 2.89. The summed E-state index contributed by atoms with van der Waals surface area (Å²) in [5.74, 6) is -0.353. The number of nitriles is 1. The van der Waals surface area contributed by atoms with Crippen molar-refractivity contribution in [2.75, 3.05) is 0 Å². The van der Waals surface area contributed by atoms with E-state index < -0.39 is 33.1 Å². The molecule has 4 heterocycles. The van der Waals surface area contributed by atoms with E-state index >= 15 is 0 Å². The molecule has 0 radical (unpaired) electrons. The number of rotatable bonds is 7. The van der Waals surface area contributed by atoms with Crippen molar-refractivity contribution in [3.05, 3.63) is 28.8 Å². The number of nitrogens with zero attached hydrogens (tertiary/aromatic N) is 6. The molecule has 1 saturated heterocycles. The summed E-state index contributed by atoms with van der Waals surface area (Å²) in [5.41, 5.74) is 1.02. The highest BCUT2D eigenvalue weighted by molar-refractivity contribution is 7.89. The minimum Gasteiger partial charge on any atom is -0.384 e. The van der Waals surface area contributed by atoms with Gasteiger partial charge in [0.2, 0.25) is 10.0 Å². The molecule has 3 aliphatic rings. The summed E-state index contributed by atoms with van der Waals surface area (Å²) < 4.78 is 57.7. The first-order valence-corrected chi connectivity index (χ1v) is 15.0. The predicted molar refractivity (Wildman–Crippen MR) is 140 cm³/mol. The fourth-order valence-electron chi connectivity index (χ4n) is 5.63. The van der Waals surface area contributed by atoms with Crippen LogP contribution in [0, 0.1) is 11.3 Å². The number of halogens is 2. The van der Waals surface area contributed by atoms with E-state index in [4.69, 9.17) is 0 Å². The molecule has 2 fully saturated rings. The number of aromatic nitrogens is 4. The van der Waals surface area contributed by atoms with Crippen LogP contribution in [0.5, 0.6) is 0 Å². The topological polar surface area (TPSA) is 154 Å². The Morgan fingerprint density at radius 2 is 2.05 bits per heavy atom. The zero-order valence-electron chi connectivity index (χ0n) is 21.5. The second-order valence-electron chi connectivity index (χ2n) is 10.5. The number of benzene rings is 1. The Labute approximate surface area is 232 Å². The molecule has 3 aromatic rings. The summed E-state index contributed by atoms with van der Waals surface area (Å²) in [4.78, 5) is 14.3. The van der Waals surface area contributed by atoms with E-state index in [1.54, 1.807) is 16.6 Å². The number of carbonyl (C=O) groups is 1. The highest BCUT2D eigenvalue weighted by atomic mass is 32.2. The molecule has 1 aliphatic carbocycles. The normalized spacial score (nSPS) is 22.4. The van der Waals surface area contributed by atoms with Crippen LogP contribution in [0.4, 0.5) is 8.78 Å². The van der Waals surface area contributed by atoms with Crippen LogP contribution in [0.15, 0.2) is 23.1 Å². The first-order valence-electron chi connectivity index (χ1n) is 12.7. The number of hydrogen-bond acceptors (Lipinski definition) is 9. The molecule has 40 heavy (non-hydrogen) atoms. The molecule has 6 rings (SSSR count). The minimum absolute atomic E-state index is 0.0971. The first-order chi connectivity index (χ1) is 18.9. The van der Waals surface area contributed by atoms with Crippen molar-refractivity contribution < 1.29 is 27.1 Å². The van der Waals surface area contributed by atoms with Crippen molar-refractivity contribution in [3.63, 3.8) is 0 Å². The SMILES string of the molecule is C[C@H](O)C(=O)N1C2C=C(c3cc(S(=O)(=O)NC4(C#N)CC4)cc4c(-c5nnc(C(F)F)s5)nn(C)c34)CC1CC2. The molecular weight excluding hydrogens is 564 g/mol. The number of fused-ring (bicyclic) bond motifs is 3. The molecule has 1 amide bonds. The molecule has 3 atom stereocenters. The van der Waals surface area contributed by atoms with Gasteiger partial charge in [0.05, 0.1) is 22.5 Å². The fraction of sp³-hybridized carbons (Fsp3) is 0.480. The molecule has 11 nitrogen and oxygen atoms in total. The molecular formula is C25H25F2N7O4S2. The molecule has 2 aromatic heterocycles. The van der Waals surface area contributed by atoms with Gasteiger partial charge in [0.1, 0.15) is 17.3 Å². The summed E-state index contributed by atoms with van der Waals surface area (Å²) in [7, 11) is -2.48. The van der Waals surface area contributed by atoms with Crippen LogP contribution in [-0.4, -0.2) is 68.0 Å². The Bertz CT molecular complexity index is 1720. The lowest BCUT2D eigenvalue weighted by Gasteiger charge is -2.35. The van der Waals surface area contributed by atoms with E-state index in [1.807, 2.05) is 12.1 Å². The average molecular weight is 590 g/mol. The Morgan fingerprint density at radius 3 is 2.65 bits per heavy atom. The van der Waals surface area contributed by atoms with E-state index in [1.165, 1.54) is 19.1 Å². The summed E-state index contributed by atoms with van der Waals surface area (Å²) in [6.45, 7) is 1.43. The maximum absolute atomic E-state index is 13.5. The van der Waals surface area contributed by atoms with E-state index in [0.717, 1.165) is 12.0 Å². The number of amides is 1. The smallest absolute Gasteiger partial charge is 0.291 e. The van der Waals surface area contributed by atoms with Crippen molar-refractivity contribution >= 4 is 43.7 Å². The Morgan fingerprint density at radius 1 is 1.30 bits per heavy atom. The summed E-state index contributed by atoms with van der Waals surface area (Å²) >= 11 is 0.679. The zero-order valence-corrected chi connectivity index (χ0v) is 23.1. The molecule has 2 N–H and O–H groups in total. The van der Waals surface area contributed by atoms with E-state index in [9.17, 15) is 32.4 Å². The molecule has 1 aromatic carbocycles. The maximum Gasteiger partial charge on any atom is 0.291 e. The van der Waals surface area contributed by atoms with Crippen LogP contribution < -0.4 is 4.72 Å². The van der Waals surface area contributed by atoms with Crippen LogP contribution in [0.25, 0.3) is 27.2 Å². The van der Waals surface area contributed by atoms with Crippen LogP contribution in [0.3, 0.4) is 0 Å². The third kappa shape index (κ3) is 4.39. The van der Waals surface area contributed by atoms with Crippen LogP contribution in [0.1, 0.15) is 56.0 Å². The Kier molecular flexibility index (Phi) is 6.30. The second-order valence-corrected chi connectivity index (χ2v) is 13.2. The standard InChI is InChI=1S/C25H25F2N7O4S2/c1-12(35)24(36)34-14-3-4-15(34)8-13(7-14)17-9-16(40(37,38)32-25(11-28)5-6-25)10-18-19(31-33(2)20(17)18)22-29-30-23(39-22)21(26)27/h7,9-10,12,14-15,21,32,35H,3-6,8H2,1-2H3/t12-,14?,15?/m0/s1. The van der Waals surface area contributed by atoms with Gasteiger partial charge in [-0.3, -0.25) is 9.48 Å². The molecule has 0 spiro atoms. The highest BCUT2D eigenvalue weighted by Crippen LogP contribution is 2.44. The maximum atomic E-state index is 13.5. The summed E-state index contributed by atoms with van der Waals surface area (Å²) in [6, 6.07) is 4.55. The van der Waals surface area contributed by atoms with Gasteiger partial charge in [-0.05, 0) is 56.7 Å². The first kappa shape index (κ1) is 26.9. The Hall–Kier alpha value is -3.32. The van der Waals surface area contributed by atoms with Gasteiger partial charge in [0, 0.05) is 24.0 Å². The minimum atomic E-state index is -4.15. The monoisotopic (exact) mass is 589 g/mol. The van der Waals surface area contributed by atoms with Crippen molar-refractivity contribution in [1.82, 2.24) is 29.6 Å². The number of aryl methyl sites for hydroxylation is 1. The lowest BCUT2D eigenvalue weighted by atomic mass is 9.92. The van der Waals surface area contributed by atoms with Crippen LogP contribution >= 0.6 is 11.3 Å². The highest BCUT2D eigenvalue weighted by Gasteiger charge is 2.47. The molecule has 1 saturated carbocycles. The quantitative estimate of drug-likeness (QED) is 0.427. The van der Waals surface area contributed by atoms with Gasteiger partial charge in [-0.1, -0.05) is 17.4 Å². The van der Waals surface area contributed by atoms with Crippen molar-refractivity contribution in [3.8, 4) is 16.8 Å². The van der Waals surface area contributed by atoms with Gasteiger partial charge in [-0.2, -0.15) is 15.1 Å². The van der Waals surface area contributed by atoms with Gasteiger partial charge in [0.25, 0.3) is 12.3 Å². The number of sulfonamides is 1. The molecule has 210 valence electrons. The van der Waals surface area contributed by atoms with Crippen molar-refractivity contribution in [2.45, 2.75) is 74.1 Å². The molecule has 2 aliphatic heterocycles. The van der Waals surface area contributed by atoms with E-state index in [2.05, 4.69) is 20.0 Å². The van der Waals surface area contributed by atoms with E-state index in [0.29, 0.717) is 53.5 Å². The van der Waals surface area contributed by atoms with Crippen LogP contribution in [-0.2, 0) is 21.9 Å². The molecule has 2 bridgehead atoms. The Balaban J connectivity index is 1.53. The second kappa shape index (κ2) is 9.37. The lowest BCUT2D eigenvalue weighted by molar-refractivity contribution is -0.141. The third-order valence-corrected chi connectivity index (χ3v) is 10.2.